The van der Waals surface area contributed by atoms with Crippen molar-refractivity contribution in [3.05, 3.63) is 35.1 Å². The summed E-state index contributed by atoms with van der Waals surface area (Å²) in [4.78, 5) is 10.7. The minimum atomic E-state index is -0.454. The molecule has 4 heteroatoms. The predicted molar refractivity (Wildman–Crippen MR) is 56.6 cm³/mol. The van der Waals surface area contributed by atoms with Crippen LogP contribution in [0.15, 0.2) is 18.2 Å². The quantitative estimate of drug-likeness (QED) is 0.781. The maximum Gasteiger partial charge on any atom is 0.234 e. The average molecular weight is 210 g/mol. The Balaban J connectivity index is 2.65. The van der Waals surface area contributed by atoms with Crippen LogP contribution in [0.5, 0.6) is 0 Å². The number of hydrogen-bond acceptors (Lipinski definition) is 2. The maximum absolute atomic E-state index is 13.3. The smallest absolute Gasteiger partial charge is 0.234 e. The van der Waals surface area contributed by atoms with E-state index < -0.39 is 11.9 Å². The minimum Gasteiger partial charge on any atom is -0.368 e. The fourth-order valence-electron chi connectivity index (χ4n) is 1.20. The van der Waals surface area contributed by atoms with Crippen LogP contribution in [0.4, 0.5) is 4.39 Å². The average Bonchev–Trinajstić information content (AvgIpc) is 2.18. The lowest BCUT2D eigenvalue weighted by atomic mass is 10.1. The highest BCUT2D eigenvalue weighted by molar-refractivity contribution is 5.79. The Morgan fingerprint density at radius 3 is 2.87 bits per heavy atom. The van der Waals surface area contributed by atoms with Crippen molar-refractivity contribution in [2.24, 2.45) is 5.73 Å². The van der Waals surface area contributed by atoms with E-state index >= 15 is 0 Å². The van der Waals surface area contributed by atoms with Crippen molar-refractivity contribution in [3.8, 4) is 0 Å². The van der Waals surface area contributed by atoms with Crippen molar-refractivity contribution >= 4 is 5.91 Å². The molecule has 0 fully saturated rings. The number of carbonyl (C=O) groups is 1. The second kappa shape index (κ2) is 4.89. The molecule has 1 aromatic carbocycles. The molecule has 0 aromatic heterocycles. The predicted octanol–water partition coefficient (Wildman–Crippen LogP) is 1.10. The molecule has 0 spiro atoms. The summed E-state index contributed by atoms with van der Waals surface area (Å²) in [6.07, 6.45) is 0. The zero-order chi connectivity index (χ0) is 11.4. The molecule has 82 valence electrons. The summed E-state index contributed by atoms with van der Waals surface area (Å²) in [7, 11) is 0. The van der Waals surface area contributed by atoms with E-state index in [1.165, 1.54) is 6.07 Å². The number of halogens is 1. The van der Waals surface area contributed by atoms with Crippen LogP contribution < -0.4 is 11.1 Å². The fraction of sp³-hybridized carbons (Fsp3) is 0.364. The van der Waals surface area contributed by atoms with Gasteiger partial charge in [0.05, 0.1) is 6.04 Å². The van der Waals surface area contributed by atoms with E-state index in [2.05, 4.69) is 5.32 Å². The highest BCUT2D eigenvalue weighted by Crippen LogP contribution is 2.09. The van der Waals surface area contributed by atoms with Gasteiger partial charge in [0, 0.05) is 12.1 Å². The number of nitrogens with one attached hydrogen (secondary N) is 1. The van der Waals surface area contributed by atoms with Gasteiger partial charge in [0.15, 0.2) is 0 Å². The normalized spacial score (nSPS) is 12.5. The maximum atomic E-state index is 13.3. The molecule has 0 bridgehead atoms. The van der Waals surface area contributed by atoms with Crippen LogP contribution >= 0.6 is 0 Å². The monoisotopic (exact) mass is 210 g/mol. The first-order valence-corrected chi connectivity index (χ1v) is 4.78. The van der Waals surface area contributed by atoms with Crippen LogP contribution in [-0.4, -0.2) is 11.9 Å². The van der Waals surface area contributed by atoms with Crippen LogP contribution in [0.25, 0.3) is 0 Å². The molecular formula is C11H15FN2O. The van der Waals surface area contributed by atoms with Crippen LogP contribution in [0.1, 0.15) is 18.1 Å². The summed E-state index contributed by atoms with van der Waals surface area (Å²) in [6.45, 7) is 3.84. The van der Waals surface area contributed by atoms with Crippen LogP contribution in [0.2, 0.25) is 0 Å². The number of amides is 1. The summed E-state index contributed by atoms with van der Waals surface area (Å²) in [5, 5.41) is 2.85. The molecule has 0 saturated carbocycles. The van der Waals surface area contributed by atoms with Crippen molar-refractivity contribution in [2.75, 3.05) is 0 Å². The SMILES string of the molecule is Cc1ccc(F)c(CNC(C)C(N)=O)c1. The third-order valence-electron chi connectivity index (χ3n) is 2.23. The number of hydrogen-bond donors (Lipinski definition) is 2. The lowest BCUT2D eigenvalue weighted by Crippen LogP contribution is -2.38. The molecule has 0 radical (unpaired) electrons. The number of nitrogens with two attached hydrogens (primary N) is 1. The third kappa shape index (κ3) is 3.32. The van der Waals surface area contributed by atoms with Crippen molar-refractivity contribution in [3.63, 3.8) is 0 Å². The summed E-state index contributed by atoms with van der Waals surface area (Å²) in [5.41, 5.74) is 6.60. The number of primary amides is 1. The van der Waals surface area contributed by atoms with E-state index in [-0.39, 0.29) is 5.82 Å². The first kappa shape index (κ1) is 11.7. The van der Waals surface area contributed by atoms with Crippen molar-refractivity contribution in [1.82, 2.24) is 5.32 Å². The molecule has 3 N–H and O–H groups in total. The second-order valence-electron chi connectivity index (χ2n) is 3.60. The highest BCUT2D eigenvalue weighted by atomic mass is 19.1. The van der Waals surface area contributed by atoms with Crippen molar-refractivity contribution < 1.29 is 9.18 Å². The lowest BCUT2D eigenvalue weighted by molar-refractivity contribution is -0.119. The number of carbonyl (C=O) groups excluding carboxylic acids is 1. The first-order chi connectivity index (χ1) is 7.00. The molecule has 1 rings (SSSR count). The highest BCUT2D eigenvalue weighted by Gasteiger charge is 2.09. The molecule has 0 heterocycles. The molecular weight excluding hydrogens is 195 g/mol. The Labute approximate surface area is 88.5 Å². The summed E-state index contributed by atoms with van der Waals surface area (Å²) in [5.74, 6) is -0.715. The van der Waals surface area contributed by atoms with Crippen molar-refractivity contribution in [2.45, 2.75) is 26.4 Å². The van der Waals surface area contributed by atoms with E-state index in [9.17, 15) is 9.18 Å². The van der Waals surface area contributed by atoms with Gasteiger partial charge in [0.1, 0.15) is 5.82 Å². The molecule has 0 aliphatic carbocycles. The molecule has 1 unspecified atom stereocenters. The zero-order valence-electron chi connectivity index (χ0n) is 8.88. The molecule has 15 heavy (non-hydrogen) atoms. The topological polar surface area (TPSA) is 55.1 Å². The number of aryl methyl sites for hydroxylation is 1. The molecule has 0 saturated heterocycles. The minimum absolute atomic E-state index is 0.273. The van der Waals surface area contributed by atoms with Crippen LogP contribution in [0, 0.1) is 12.7 Å². The lowest BCUT2D eigenvalue weighted by Gasteiger charge is -2.10. The Kier molecular flexibility index (Phi) is 3.80. The van der Waals surface area contributed by atoms with Gasteiger partial charge in [-0.05, 0) is 19.9 Å². The zero-order valence-corrected chi connectivity index (χ0v) is 8.88. The van der Waals surface area contributed by atoms with E-state index in [4.69, 9.17) is 5.73 Å². The molecule has 1 amide bonds. The van der Waals surface area contributed by atoms with Gasteiger partial charge in [-0.15, -0.1) is 0 Å². The summed E-state index contributed by atoms with van der Waals surface area (Å²) >= 11 is 0. The largest absolute Gasteiger partial charge is 0.368 e. The second-order valence-corrected chi connectivity index (χ2v) is 3.60. The first-order valence-electron chi connectivity index (χ1n) is 4.78. The third-order valence-corrected chi connectivity index (χ3v) is 2.23. The van der Waals surface area contributed by atoms with Gasteiger partial charge in [-0.1, -0.05) is 17.7 Å². The van der Waals surface area contributed by atoms with E-state index in [1.54, 1.807) is 19.1 Å². The Hall–Kier alpha value is -1.42. The molecule has 0 aliphatic rings. The van der Waals surface area contributed by atoms with Crippen molar-refractivity contribution in [1.29, 1.82) is 0 Å². The van der Waals surface area contributed by atoms with Crippen LogP contribution in [-0.2, 0) is 11.3 Å². The Morgan fingerprint density at radius 1 is 1.60 bits per heavy atom. The molecule has 1 atom stereocenters. The van der Waals surface area contributed by atoms with Gasteiger partial charge in [0.2, 0.25) is 5.91 Å². The standard InChI is InChI=1S/C11H15FN2O/c1-7-3-4-10(12)9(5-7)6-14-8(2)11(13)15/h3-5,8,14H,6H2,1-2H3,(H2,13,15). The van der Waals surface area contributed by atoms with Crippen LogP contribution in [0.3, 0.4) is 0 Å². The van der Waals surface area contributed by atoms with Gasteiger partial charge in [-0.3, -0.25) is 4.79 Å². The van der Waals surface area contributed by atoms with Gasteiger partial charge in [-0.25, -0.2) is 4.39 Å². The van der Waals surface area contributed by atoms with Gasteiger partial charge >= 0.3 is 0 Å². The van der Waals surface area contributed by atoms with Gasteiger partial charge in [-0.2, -0.15) is 0 Å². The molecule has 1 aromatic rings. The van der Waals surface area contributed by atoms with E-state index in [1.807, 2.05) is 6.92 Å². The Morgan fingerprint density at radius 2 is 2.27 bits per heavy atom. The summed E-state index contributed by atoms with van der Waals surface area (Å²) in [6, 6.07) is 4.41. The van der Waals surface area contributed by atoms with E-state index in [0.29, 0.717) is 12.1 Å². The summed E-state index contributed by atoms with van der Waals surface area (Å²) < 4.78 is 13.3. The fourth-order valence-corrected chi connectivity index (χ4v) is 1.20. The molecule has 3 nitrogen and oxygen atoms in total. The van der Waals surface area contributed by atoms with Gasteiger partial charge < -0.3 is 11.1 Å². The van der Waals surface area contributed by atoms with Gasteiger partial charge in [0.25, 0.3) is 0 Å². The molecule has 0 aliphatic heterocycles. The number of rotatable bonds is 4. The van der Waals surface area contributed by atoms with E-state index in [0.717, 1.165) is 5.56 Å². The number of benzene rings is 1. The Bertz CT molecular complexity index is 366.